The molecule has 2 aliphatic heterocycles. The Morgan fingerprint density at radius 3 is 2.78 bits per heavy atom. The maximum absolute atomic E-state index is 14.0. The van der Waals surface area contributed by atoms with Gasteiger partial charge in [-0.1, -0.05) is 12.1 Å². The molecule has 0 saturated carbocycles. The second-order valence-electron chi connectivity index (χ2n) is 9.12. The molecule has 188 valence electrons. The van der Waals surface area contributed by atoms with Crippen LogP contribution >= 0.6 is 11.3 Å². The van der Waals surface area contributed by atoms with Crippen LogP contribution in [-0.4, -0.2) is 39.1 Å². The number of carbonyl (C=O) groups is 2. The fraction of sp³-hybridized carbons (Fsp3) is 0.222. The number of halogens is 2. The fourth-order valence-corrected chi connectivity index (χ4v) is 5.42. The van der Waals surface area contributed by atoms with Crippen LogP contribution in [0.4, 0.5) is 14.5 Å². The van der Waals surface area contributed by atoms with E-state index in [1.807, 2.05) is 35.0 Å². The first-order valence-corrected chi connectivity index (χ1v) is 12.8. The fourth-order valence-electron chi connectivity index (χ4n) is 4.78. The van der Waals surface area contributed by atoms with Gasteiger partial charge in [-0.25, -0.2) is 13.5 Å². The van der Waals surface area contributed by atoms with E-state index in [0.29, 0.717) is 36.3 Å². The van der Waals surface area contributed by atoms with E-state index >= 15 is 0 Å². The third-order valence-electron chi connectivity index (χ3n) is 6.65. The van der Waals surface area contributed by atoms with Crippen molar-refractivity contribution >= 4 is 28.8 Å². The number of fused-ring (bicyclic) bond motifs is 1. The molecule has 4 heterocycles. The number of ether oxygens (including phenoxy) is 1. The van der Waals surface area contributed by atoms with Gasteiger partial charge in [-0.05, 0) is 54.1 Å². The van der Waals surface area contributed by atoms with Crippen molar-refractivity contribution in [2.75, 3.05) is 11.9 Å². The quantitative estimate of drug-likeness (QED) is 0.394. The van der Waals surface area contributed by atoms with E-state index in [1.165, 1.54) is 22.1 Å². The van der Waals surface area contributed by atoms with Crippen LogP contribution in [0.5, 0.6) is 0 Å². The van der Waals surface area contributed by atoms with Gasteiger partial charge in [-0.3, -0.25) is 9.59 Å². The summed E-state index contributed by atoms with van der Waals surface area (Å²) in [6, 6.07) is 11.3. The number of aromatic nitrogens is 2. The van der Waals surface area contributed by atoms with Crippen molar-refractivity contribution in [3.8, 4) is 16.9 Å². The average molecular weight is 521 g/mol. The second kappa shape index (κ2) is 9.20. The minimum Gasteiger partial charge on any atom is -0.341 e. The lowest BCUT2D eigenvalue weighted by Gasteiger charge is -2.23. The molecule has 6 rings (SSSR count). The predicted molar refractivity (Wildman–Crippen MR) is 134 cm³/mol. The van der Waals surface area contributed by atoms with Crippen LogP contribution < -0.4 is 5.32 Å². The number of nitrogens with one attached hydrogen (secondary N) is 1. The van der Waals surface area contributed by atoms with Gasteiger partial charge >= 0.3 is 0 Å². The summed E-state index contributed by atoms with van der Waals surface area (Å²) in [5.74, 6) is -2.07. The number of nitrogens with zero attached hydrogens (tertiary/aromatic N) is 3. The summed E-state index contributed by atoms with van der Waals surface area (Å²) in [6.07, 6.45) is 1.28. The lowest BCUT2D eigenvalue weighted by atomic mass is 10.1. The number of rotatable bonds is 6. The highest BCUT2D eigenvalue weighted by Gasteiger charge is 2.40. The Kier molecular flexibility index (Phi) is 5.85. The van der Waals surface area contributed by atoms with Crippen molar-refractivity contribution in [2.45, 2.75) is 32.1 Å². The summed E-state index contributed by atoms with van der Waals surface area (Å²) in [5.41, 5.74) is 5.24. The van der Waals surface area contributed by atoms with Gasteiger partial charge < -0.3 is 15.0 Å². The SMILES string of the molecule is CC1OC(c2cn(-c3ccc(F)c(F)c3)nc2-c2ccsc2)N(CCc2ccc3c(c2)CC(=O)N3)C1=O. The first-order chi connectivity index (χ1) is 17.9. The highest BCUT2D eigenvalue weighted by molar-refractivity contribution is 7.08. The molecule has 10 heteroatoms. The number of thiophene rings is 1. The van der Waals surface area contributed by atoms with Crippen LogP contribution in [0.1, 0.15) is 29.8 Å². The molecule has 1 N–H and O–H groups in total. The highest BCUT2D eigenvalue weighted by atomic mass is 32.1. The Morgan fingerprint density at radius 1 is 1.14 bits per heavy atom. The first-order valence-electron chi connectivity index (χ1n) is 11.8. The lowest BCUT2D eigenvalue weighted by Crippen LogP contribution is -2.32. The van der Waals surface area contributed by atoms with Crippen LogP contribution in [0.3, 0.4) is 0 Å². The highest BCUT2D eigenvalue weighted by Crippen LogP contribution is 2.38. The molecule has 2 aliphatic rings. The molecule has 2 amide bonds. The third kappa shape index (κ3) is 4.32. The van der Waals surface area contributed by atoms with Crippen molar-refractivity contribution in [2.24, 2.45) is 0 Å². The maximum atomic E-state index is 14.0. The summed E-state index contributed by atoms with van der Waals surface area (Å²) < 4.78 is 35.1. The van der Waals surface area contributed by atoms with Gasteiger partial charge in [0.15, 0.2) is 17.9 Å². The molecule has 0 spiro atoms. The van der Waals surface area contributed by atoms with Crippen molar-refractivity contribution in [1.82, 2.24) is 14.7 Å². The molecule has 2 atom stereocenters. The zero-order chi connectivity index (χ0) is 25.7. The Morgan fingerprint density at radius 2 is 2.00 bits per heavy atom. The summed E-state index contributed by atoms with van der Waals surface area (Å²) in [6.45, 7) is 2.11. The van der Waals surface area contributed by atoms with E-state index < -0.39 is 24.0 Å². The van der Waals surface area contributed by atoms with Gasteiger partial charge in [0.1, 0.15) is 11.8 Å². The van der Waals surface area contributed by atoms with E-state index in [4.69, 9.17) is 4.74 Å². The van der Waals surface area contributed by atoms with E-state index in [-0.39, 0.29) is 11.8 Å². The van der Waals surface area contributed by atoms with Crippen molar-refractivity contribution in [3.63, 3.8) is 0 Å². The number of anilines is 1. The minimum absolute atomic E-state index is 0.0248. The first kappa shape index (κ1) is 23.5. The molecule has 37 heavy (non-hydrogen) atoms. The molecule has 2 unspecified atom stereocenters. The smallest absolute Gasteiger partial charge is 0.253 e. The number of benzene rings is 2. The Labute approximate surface area is 215 Å². The molecule has 0 aliphatic carbocycles. The lowest BCUT2D eigenvalue weighted by molar-refractivity contribution is -0.130. The standard InChI is InChI=1S/C27H22F2N4O3S/c1-15-26(35)32(8-6-16-2-5-23-18(10-16)11-24(34)30-23)27(36-15)20-13-33(19-3-4-21(28)22(29)12-19)31-25(20)17-7-9-37-14-17/h2-5,7,9-10,12-15,27H,6,8,11H2,1H3,(H,30,34). The molecule has 7 nitrogen and oxygen atoms in total. The van der Waals surface area contributed by atoms with Crippen LogP contribution in [0, 0.1) is 11.6 Å². The normalized spacial score (nSPS) is 18.9. The molecular formula is C27H22F2N4O3S. The minimum atomic E-state index is -0.972. The molecule has 1 fully saturated rings. The van der Waals surface area contributed by atoms with Gasteiger partial charge in [0.25, 0.3) is 5.91 Å². The van der Waals surface area contributed by atoms with E-state index in [2.05, 4.69) is 10.4 Å². The molecular weight excluding hydrogens is 498 g/mol. The molecule has 4 aromatic rings. The average Bonchev–Trinajstić information content (AvgIpc) is 3.66. The molecule has 2 aromatic heterocycles. The van der Waals surface area contributed by atoms with Crippen molar-refractivity contribution in [1.29, 1.82) is 0 Å². The van der Waals surface area contributed by atoms with Crippen LogP contribution in [0.15, 0.2) is 59.4 Å². The monoisotopic (exact) mass is 520 g/mol. The summed E-state index contributed by atoms with van der Waals surface area (Å²) >= 11 is 1.51. The predicted octanol–water partition coefficient (Wildman–Crippen LogP) is 4.86. The number of hydrogen-bond acceptors (Lipinski definition) is 5. The largest absolute Gasteiger partial charge is 0.341 e. The molecule has 0 radical (unpaired) electrons. The van der Waals surface area contributed by atoms with Gasteiger partial charge in [0.05, 0.1) is 12.1 Å². The molecule has 1 saturated heterocycles. The number of amides is 2. The zero-order valence-corrected chi connectivity index (χ0v) is 20.6. The summed E-state index contributed by atoms with van der Waals surface area (Å²) in [5, 5.41) is 11.4. The zero-order valence-electron chi connectivity index (χ0n) is 19.8. The van der Waals surface area contributed by atoms with Gasteiger partial charge in [0, 0.05) is 41.0 Å². The number of hydrogen-bond donors (Lipinski definition) is 1. The summed E-state index contributed by atoms with van der Waals surface area (Å²) in [7, 11) is 0. The molecule has 0 bridgehead atoms. The number of carbonyl (C=O) groups excluding carboxylic acids is 2. The van der Waals surface area contributed by atoms with E-state index in [0.717, 1.165) is 34.5 Å². The van der Waals surface area contributed by atoms with Crippen LogP contribution in [0.25, 0.3) is 16.9 Å². The second-order valence-corrected chi connectivity index (χ2v) is 9.90. The molecule has 2 aromatic carbocycles. The van der Waals surface area contributed by atoms with Crippen molar-refractivity contribution < 1.29 is 23.1 Å². The van der Waals surface area contributed by atoms with Gasteiger partial charge in [-0.2, -0.15) is 16.4 Å². The third-order valence-corrected chi connectivity index (χ3v) is 7.34. The maximum Gasteiger partial charge on any atom is 0.253 e. The van der Waals surface area contributed by atoms with E-state index in [9.17, 15) is 18.4 Å². The summed E-state index contributed by atoms with van der Waals surface area (Å²) in [4.78, 5) is 26.5. The van der Waals surface area contributed by atoms with Gasteiger partial charge in [0.2, 0.25) is 5.91 Å². The Bertz CT molecular complexity index is 1520. The van der Waals surface area contributed by atoms with Crippen LogP contribution in [-0.2, 0) is 27.2 Å². The topological polar surface area (TPSA) is 76.5 Å². The van der Waals surface area contributed by atoms with Crippen molar-refractivity contribution in [3.05, 3.63) is 87.7 Å². The van der Waals surface area contributed by atoms with Gasteiger partial charge in [-0.15, -0.1) is 0 Å². The van der Waals surface area contributed by atoms with E-state index in [1.54, 1.807) is 18.0 Å². The Hall–Kier alpha value is -3.89. The van der Waals surface area contributed by atoms with Crippen LogP contribution in [0.2, 0.25) is 0 Å². The Balaban J connectivity index is 1.33.